The van der Waals surface area contributed by atoms with Crippen molar-refractivity contribution < 1.29 is 0 Å². The molecule has 98 valence electrons. The van der Waals surface area contributed by atoms with Crippen LogP contribution in [0.4, 0.5) is 5.69 Å². The third kappa shape index (κ3) is 2.54. The molecule has 19 heavy (non-hydrogen) atoms. The molecule has 1 aliphatic heterocycles. The van der Waals surface area contributed by atoms with Gasteiger partial charge in [0.1, 0.15) is 12.1 Å². The van der Waals surface area contributed by atoms with Crippen LogP contribution in [0.25, 0.3) is 0 Å². The summed E-state index contributed by atoms with van der Waals surface area (Å²) in [6.45, 7) is 4.95. The Hall–Kier alpha value is -2.04. The summed E-state index contributed by atoms with van der Waals surface area (Å²) in [5.41, 5.74) is 2.00. The molecule has 1 atom stereocenters. The van der Waals surface area contributed by atoms with Gasteiger partial charge in [0.15, 0.2) is 0 Å². The predicted molar refractivity (Wildman–Crippen MR) is 74.8 cm³/mol. The van der Waals surface area contributed by atoms with Crippen molar-refractivity contribution in [1.82, 2.24) is 4.90 Å². The smallest absolute Gasteiger partial charge is 0.101 e. The molecule has 1 heterocycles. The summed E-state index contributed by atoms with van der Waals surface area (Å²) in [7, 11) is 2.12. The maximum atomic E-state index is 9.22. The van der Waals surface area contributed by atoms with Gasteiger partial charge in [0, 0.05) is 19.1 Å². The minimum absolute atomic E-state index is 0.503. The highest BCUT2D eigenvalue weighted by Crippen LogP contribution is 2.29. The van der Waals surface area contributed by atoms with Crippen LogP contribution in [0.15, 0.2) is 18.2 Å². The molecule has 0 spiro atoms. The third-order valence-electron chi connectivity index (χ3n) is 3.88. The quantitative estimate of drug-likeness (QED) is 0.827. The average molecular weight is 254 g/mol. The van der Waals surface area contributed by atoms with Crippen molar-refractivity contribution in [3.8, 4) is 12.1 Å². The number of nitriles is 2. The Bertz CT molecular complexity index is 506. The van der Waals surface area contributed by atoms with Gasteiger partial charge in [-0.05, 0) is 32.1 Å². The highest BCUT2D eigenvalue weighted by molar-refractivity contribution is 5.68. The second-order valence-corrected chi connectivity index (χ2v) is 4.89. The number of hydrogen-bond donors (Lipinski definition) is 0. The molecule has 4 nitrogen and oxygen atoms in total. The number of anilines is 1. The zero-order valence-corrected chi connectivity index (χ0v) is 11.4. The van der Waals surface area contributed by atoms with Crippen molar-refractivity contribution in [2.24, 2.45) is 0 Å². The topological polar surface area (TPSA) is 54.1 Å². The van der Waals surface area contributed by atoms with E-state index in [1.807, 2.05) is 0 Å². The lowest BCUT2D eigenvalue weighted by atomic mass is 10.1. The van der Waals surface area contributed by atoms with Gasteiger partial charge in [-0.1, -0.05) is 13.0 Å². The van der Waals surface area contributed by atoms with Crippen LogP contribution < -0.4 is 4.90 Å². The van der Waals surface area contributed by atoms with E-state index in [0.29, 0.717) is 17.2 Å². The van der Waals surface area contributed by atoms with E-state index in [1.165, 1.54) is 0 Å². The van der Waals surface area contributed by atoms with Gasteiger partial charge >= 0.3 is 0 Å². The zero-order chi connectivity index (χ0) is 13.8. The minimum atomic E-state index is 0.503. The highest BCUT2D eigenvalue weighted by Gasteiger charge is 2.27. The van der Waals surface area contributed by atoms with Crippen LogP contribution in [0.3, 0.4) is 0 Å². The summed E-state index contributed by atoms with van der Waals surface area (Å²) in [5, 5.41) is 18.4. The summed E-state index contributed by atoms with van der Waals surface area (Å²) in [6.07, 6.45) is 1.08. The van der Waals surface area contributed by atoms with E-state index >= 15 is 0 Å². The largest absolute Gasteiger partial charge is 0.368 e. The number of likely N-dealkylation sites (N-methyl/N-ethyl adjacent to an activating group) is 1. The Morgan fingerprint density at radius 1 is 1.32 bits per heavy atom. The number of hydrogen-bond acceptors (Lipinski definition) is 4. The lowest BCUT2D eigenvalue weighted by Gasteiger charge is -2.25. The van der Waals surface area contributed by atoms with Crippen LogP contribution in [0.1, 0.15) is 24.5 Å². The molecular weight excluding hydrogens is 236 g/mol. The summed E-state index contributed by atoms with van der Waals surface area (Å²) >= 11 is 0. The van der Waals surface area contributed by atoms with Gasteiger partial charge in [-0.3, -0.25) is 0 Å². The van der Waals surface area contributed by atoms with Crippen molar-refractivity contribution in [2.45, 2.75) is 19.4 Å². The van der Waals surface area contributed by atoms with Crippen molar-refractivity contribution in [3.63, 3.8) is 0 Å². The van der Waals surface area contributed by atoms with E-state index in [1.54, 1.807) is 18.2 Å². The van der Waals surface area contributed by atoms with Crippen LogP contribution in [0.2, 0.25) is 0 Å². The van der Waals surface area contributed by atoms with E-state index in [0.717, 1.165) is 31.7 Å². The van der Waals surface area contributed by atoms with Gasteiger partial charge in [0.05, 0.1) is 16.8 Å². The van der Waals surface area contributed by atoms with Crippen molar-refractivity contribution in [3.05, 3.63) is 29.3 Å². The molecule has 1 aliphatic rings. The monoisotopic (exact) mass is 254 g/mol. The summed E-state index contributed by atoms with van der Waals surface area (Å²) in [6, 6.07) is 10.2. The van der Waals surface area contributed by atoms with Crippen LogP contribution in [0, 0.1) is 22.7 Å². The van der Waals surface area contributed by atoms with Gasteiger partial charge in [-0.15, -0.1) is 0 Å². The molecule has 1 unspecified atom stereocenters. The van der Waals surface area contributed by atoms with E-state index in [4.69, 9.17) is 0 Å². The SMILES string of the molecule is CCN(C)C1CCN(c2c(C#N)cccc2C#N)C1. The van der Waals surface area contributed by atoms with Crippen molar-refractivity contribution >= 4 is 5.69 Å². The lowest BCUT2D eigenvalue weighted by molar-refractivity contribution is 0.272. The summed E-state index contributed by atoms with van der Waals surface area (Å²) in [4.78, 5) is 4.50. The Morgan fingerprint density at radius 2 is 1.95 bits per heavy atom. The number of para-hydroxylation sites is 1. The molecule has 1 saturated heterocycles. The Labute approximate surface area is 114 Å². The molecule has 4 heteroatoms. The van der Waals surface area contributed by atoms with Crippen LogP contribution in [-0.2, 0) is 0 Å². The first kappa shape index (κ1) is 13.4. The van der Waals surface area contributed by atoms with Gasteiger partial charge in [-0.2, -0.15) is 10.5 Å². The minimum Gasteiger partial charge on any atom is -0.368 e. The first-order valence-electron chi connectivity index (χ1n) is 6.59. The van der Waals surface area contributed by atoms with Gasteiger partial charge < -0.3 is 9.80 Å². The molecule has 0 aliphatic carbocycles. The van der Waals surface area contributed by atoms with E-state index in [9.17, 15) is 10.5 Å². The molecule has 0 N–H and O–H groups in total. The summed E-state index contributed by atoms with van der Waals surface area (Å²) in [5.74, 6) is 0. The predicted octanol–water partition coefficient (Wildman–Crippen LogP) is 1.96. The molecule has 1 fully saturated rings. The molecule has 0 saturated carbocycles. The highest BCUT2D eigenvalue weighted by atomic mass is 15.2. The molecule has 1 aromatic carbocycles. The molecule has 0 amide bonds. The first-order chi connectivity index (χ1) is 9.21. The zero-order valence-electron chi connectivity index (χ0n) is 11.4. The molecule has 0 aromatic heterocycles. The molecule has 1 aromatic rings. The fourth-order valence-electron chi connectivity index (χ4n) is 2.63. The third-order valence-corrected chi connectivity index (χ3v) is 3.88. The van der Waals surface area contributed by atoms with E-state index < -0.39 is 0 Å². The number of benzene rings is 1. The van der Waals surface area contributed by atoms with Crippen molar-refractivity contribution in [2.75, 3.05) is 31.6 Å². The molecular formula is C15H18N4. The standard InChI is InChI=1S/C15H18N4/c1-3-18(2)14-7-8-19(11-14)15-12(9-16)5-4-6-13(15)10-17/h4-6,14H,3,7-8,11H2,1-2H3. The van der Waals surface area contributed by atoms with Crippen LogP contribution >= 0.6 is 0 Å². The number of nitrogens with zero attached hydrogens (tertiary/aromatic N) is 4. The van der Waals surface area contributed by atoms with Crippen molar-refractivity contribution in [1.29, 1.82) is 10.5 Å². The van der Waals surface area contributed by atoms with Gasteiger partial charge in [0.25, 0.3) is 0 Å². The first-order valence-corrected chi connectivity index (χ1v) is 6.59. The Kier molecular flexibility index (Phi) is 4.04. The fourth-order valence-corrected chi connectivity index (χ4v) is 2.63. The second-order valence-electron chi connectivity index (χ2n) is 4.89. The molecule has 0 radical (unpaired) electrons. The molecule has 0 bridgehead atoms. The second kappa shape index (κ2) is 5.73. The van der Waals surface area contributed by atoms with E-state index in [2.05, 4.69) is 35.9 Å². The maximum Gasteiger partial charge on any atom is 0.101 e. The number of rotatable bonds is 3. The van der Waals surface area contributed by atoms with Crippen LogP contribution in [-0.4, -0.2) is 37.6 Å². The Balaban J connectivity index is 2.30. The fraction of sp³-hybridized carbons (Fsp3) is 0.467. The normalized spacial score (nSPS) is 18.4. The lowest BCUT2D eigenvalue weighted by Crippen LogP contribution is -2.34. The van der Waals surface area contributed by atoms with Crippen LogP contribution in [0.5, 0.6) is 0 Å². The average Bonchev–Trinajstić information content (AvgIpc) is 2.94. The summed E-state index contributed by atoms with van der Waals surface area (Å²) < 4.78 is 0. The van der Waals surface area contributed by atoms with E-state index in [-0.39, 0.29) is 0 Å². The van der Waals surface area contributed by atoms with Gasteiger partial charge in [0.2, 0.25) is 0 Å². The molecule has 2 rings (SSSR count). The Morgan fingerprint density at radius 3 is 2.47 bits per heavy atom. The maximum absolute atomic E-state index is 9.22. The van der Waals surface area contributed by atoms with Gasteiger partial charge in [-0.25, -0.2) is 0 Å².